The summed E-state index contributed by atoms with van der Waals surface area (Å²) in [5.74, 6) is -0.828. The van der Waals surface area contributed by atoms with Crippen molar-refractivity contribution in [1.82, 2.24) is 10.2 Å². The standard InChI is InChI=1S/C14H23F3N2O2/c15-14(16,17)10-18-13(20)11-4-3-6-19(8-11)9-12-5-1-2-7-21-12/h11-12H,1-10H2,(H,18,20). The van der Waals surface area contributed by atoms with E-state index >= 15 is 0 Å². The highest BCUT2D eigenvalue weighted by atomic mass is 19.4. The number of carbonyl (C=O) groups excluding carboxylic acids is 1. The van der Waals surface area contributed by atoms with Crippen molar-refractivity contribution in [2.75, 3.05) is 32.8 Å². The van der Waals surface area contributed by atoms with Crippen LogP contribution < -0.4 is 5.32 Å². The van der Waals surface area contributed by atoms with Crippen molar-refractivity contribution in [3.8, 4) is 0 Å². The third kappa shape index (κ3) is 5.82. The Kier molecular flexibility index (Phi) is 5.87. The zero-order chi connectivity index (χ0) is 15.3. The highest BCUT2D eigenvalue weighted by Gasteiger charge is 2.32. The van der Waals surface area contributed by atoms with E-state index < -0.39 is 18.6 Å². The number of hydrogen-bond donors (Lipinski definition) is 1. The topological polar surface area (TPSA) is 41.6 Å². The van der Waals surface area contributed by atoms with Gasteiger partial charge in [0.05, 0.1) is 12.0 Å². The molecule has 2 unspecified atom stereocenters. The van der Waals surface area contributed by atoms with Crippen LogP contribution in [0.4, 0.5) is 13.2 Å². The van der Waals surface area contributed by atoms with Gasteiger partial charge in [-0.05, 0) is 38.6 Å². The second-order valence-electron chi connectivity index (χ2n) is 5.92. The van der Waals surface area contributed by atoms with E-state index in [9.17, 15) is 18.0 Å². The van der Waals surface area contributed by atoms with Crippen molar-refractivity contribution in [2.24, 2.45) is 5.92 Å². The lowest BCUT2D eigenvalue weighted by Gasteiger charge is -2.35. The second-order valence-corrected chi connectivity index (χ2v) is 5.92. The average Bonchev–Trinajstić information content (AvgIpc) is 2.45. The maximum Gasteiger partial charge on any atom is 0.405 e. The number of hydrogen-bond acceptors (Lipinski definition) is 3. The number of ether oxygens (including phenoxy) is 1. The summed E-state index contributed by atoms with van der Waals surface area (Å²) in [6.45, 7) is 1.75. The number of nitrogens with zero attached hydrogens (tertiary/aromatic N) is 1. The Morgan fingerprint density at radius 2 is 2.05 bits per heavy atom. The summed E-state index contributed by atoms with van der Waals surface area (Å²) in [5, 5.41) is 1.99. The van der Waals surface area contributed by atoms with Crippen molar-refractivity contribution < 1.29 is 22.7 Å². The van der Waals surface area contributed by atoms with E-state index in [2.05, 4.69) is 4.90 Å². The van der Waals surface area contributed by atoms with Gasteiger partial charge >= 0.3 is 6.18 Å². The zero-order valence-electron chi connectivity index (χ0n) is 12.1. The minimum absolute atomic E-state index is 0.204. The number of piperidine rings is 1. The Morgan fingerprint density at radius 1 is 1.24 bits per heavy atom. The molecule has 2 saturated heterocycles. The lowest BCUT2D eigenvalue weighted by Crippen LogP contribution is -2.47. The fourth-order valence-corrected chi connectivity index (χ4v) is 3.01. The molecule has 2 rings (SSSR count). The lowest BCUT2D eigenvalue weighted by atomic mass is 9.96. The van der Waals surface area contributed by atoms with Crippen LogP contribution in [-0.4, -0.2) is 55.9 Å². The van der Waals surface area contributed by atoms with E-state index in [1.165, 1.54) is 0 Å². The molecule has 0 spiro atoms. The number of halogens is 3. The van der Waals surface area contributed by atoms with Crippen LogP contribution in [0.3, 0.4) is 0 Å². The van der Waals surface area contributed by atoms with Crippen molar-refractivity contribution in [1.29, 1.82) is 0 Å². The summed E-state index contributed by atoms with van der Waals surface area (Å²) >= 11 is 0. The maximum atomic E-state index is 12.1. The molecular weight excluding hydrogens is 285 g/mol. The zero-order valence-corrected chi connectivity index (χ0v) is 12.1. The Bertz CT molecular complexity index is 344. The van der Waals surface area contributed by atoms with Crippen LogP contribution in [0.25, 0.3) is 0 Å². The normalized spacial score (nSPS) is 28.3. The Hall–Kier alpha value is -0.820. The molecule has 2 atom stereocenters. The van der Waals surface area contributed by atoms with Gasteiger partial charge in [0.2, 0.25) is 5.91 Å². The summed E-state index contributed by atoms with van der Waals surface area (Å²) in [7, 11) is 0. The third-order valence-corrected chi connectivity index (χ3v) is 4.08. The first-order valence-electron chi connectivity index (χ1n) is 7.62. The summed E-state index contributed by atoms with van der Waals surface area (Å²) < 4.78 is 42.1. The van der Waals surface area contributed by atoms with E-state index in [-0.39, 0.29) is 12.0 Å². The predicted octanol–water partition coefficient (Wildman–Crippen LogP) is 1.95. The summed E-state index contributed by atoms with van der Waals surface area (Å²) in [6.07, 6.45) is 0.646. The first kappa shape index (κ1) is 16.5. The molecule has 122 valence electrons. The number of nitrogens with one attached hydrogen (secondary N) is 1. The molecule has 2 heterocycles. The SMILES string of the molecule is O=C(NCC(F)(F)F)C1CCCN(CC2CCCCO2)C1. The summed E-state index contributed by atoms with van der Waals surface area (Å²) in [4.78, 5) is 14.0. The summed E-state index contributed by atoms with van der Waals surface area (Å²) in [6, 6.07) is 0. The largest absolute Gasteiger partial charge is 0.405 e. The Balaban J connectivity index is 1.75. The van der Waals surface area contributed by atoms with Crippen molar-refractivity contribution in [3.63, 3.8) is 0 Å². The second kappa shape index (κ2) is 7.45. The maximum absolute atomic E-state index is 12.1. The quantitative estimate of drug-likeness (QED) is 0.863. The molecule has 4 nitrogen and oxygen atoms in total. The minimum Gasteiger partial charge on any atom is -0.377 e. The van der Waals surface area contributed by atoms with Crippen molar-refractivity contribution in [2.45, 2.75) is 44.4 Å². The fraction of sp³-hybridized carbons (Fsp3) is 0.929. The Morgan fingerprint density at radius 3 is 2.71 bits per heavy atom. The highest BCUT2D eigenvalue weighted by molar-refractivity contribution is 5.79. The van der Waals surface area contributed by atoms with E-state index in [1.54, 1.807) is 0 Å². The van der Waals surface area contributed by atoms with Gasteiger partial charge < -0.3 is 10.1 Å². The van der Waals surface area contributed by atoms with Gasteiger partial charge in [-0.15, -0.1) is 0 Å². The third-order valence-electron chi connectivity index (χ3n) is 4.08. The molecule has 0 radical (unpaired) electrons. The molecule has 21 heavy (non-hydrogen) atoms. The van der Waals surface area contributed by atoms with Gasteiger partial charge in [-0.2, -0.15) is 13.2 Å². The molecule has 2 aliphatic rings. The molecule has 0 aromatic carbocycles. The van der Waals surface area contributed by atoms with E-state index in [0.717, 1.165) is 45.4 Å². The molecule has 0 aliphatic carbocycles. The van der Waals surface area contributed by atoms with Crippen LogP contribution in [0.15, 0.2) is 0 Å². The van der Waals surface area contributed by atoms with Crippen LogP contribution in [0.1, 0.15) is 32.1 Å². The predicted molar refractivity (Wildman–Crippen MR) is 71.8 cm³/mol. The highest BCUT2D eigenvalue weighted by Crippen LogP contribution is 2.20. The molecule has 0 aromatic rings. The smallest absolute Gasteiger partial charge is 0.377 e. The summed E-state index contributed by atoms with van der Waals surface area (Å²) in [5.41, 5.74) is 0. The fourth-order valence-electron chi connectivity index (χ4n) is 3.01. The van der Waals surface area contributed by atoms with Crippen molar-refractivity contribution >= 4 is 5.91 Å². The van der Waals surface area contributed by atoms with Gasteiger partial charge in [0.25, 0.3) is 0 Å². The van der Waals surface area contributed by atoms with Crippen LogP contribution in [-0.2, 0) is 9.53 Å². The molecule has 0 aromatic heterocycles. The number of amides is 1. The van der Waals surface area contributed by atoms with Gasteiger partial charge in [-0.25, -0.2) is 0 Å². The van der Waals surface area contributed by atoms with E-state index in [0.29, 0.717) is 13.0 Å². The molecule has 2 fully saturated rings. The van der Waals surface area contributed by atoms with Crippen LogP contribution >= 0.6 is 0 Å². The van der Waals surface area contributed by atoms with Gasteiger partial charge in [-0.3, -0.25) is 9.69 Å². The molecule has 1 N–H and O–H groups in total. The first-order valence-corrected chi connectivity index (χ1v) is 7.62. The molecule has 0 bridgehead atoms. The van der Waals surface area contributed by atoms with Gasteiger partial charge in [0.1, 0.15) is 6.54 Å². The van der Waals surface area contributed by atoms with E-state index in [1.807, 2.05) is 5.32 Å². The Labute approximate surface area is 123 Å². The van der Waals surface area contributed by atoms with Crippen molar-refractivity contribution in [3.05, 3.63) is 0 Å². The van der Waals surface area contributed by atoms with Crippen LogP contribution in [0.5, 0.6) is 0 Å². The molecule has 1 amide bonds. The number of carbonyl (C=O) groups is 1. The lowest BCUT2D eigenvalue weighted by molar-refractivity contribution is -0.142. The molecule has 7 heteroatoms. The average molecular weight is 308 g/mol. The molecule has 0 saturated carbocycles. The number of alkyl halides is 3. The minimum atomic E-state index is -4.35. The van der Waals surface area contributed by atoms with Gasteiger partial charge in [-0.1, -0.05) is 0 Å². The molecular formula is C14H23F3N2O2. The van der Waals surface area contributed by atoms with Gasteiger partial charge in [0.15, 0.2) is 0 Å². The molecule has 2 aliphatic heterocycles. The number of likely N-dealkylation sites (tertiary alicyclic amines) is 1. The monoisotopic (exact) mass is 308 g/mol. The van der Waals surface area contributed by atoms with Gasteiger partial charge in [0, 0.05) is 19.7 Å². The van der Waals surface area contributed by atoms with Crippen LogP contribution in [0, 0.1) is 5.92 Å². The first-order chi connectivity index (χ1) is 9.94. The van der Waals surface area contributed by atoms with Crippen LogP contribution in [0.2, 0.25) is 0 Å². The number of rotatable bonds is 4. The van der Waals surface area contributed by atoms with E-state index in [4.69, 9.17) is 4.74 Å².